The van der Waals surface area contributed by atoms with Gasteiger partial charge in [-0.15, -0.1) is 11.3 Å². The van der Waals surface area contributed by atoms with Crippen molar-refractivity contribution in [2.24, 2.45) is 0 Å². The number of benzene rings is 1. The second-order valence-corrected chi connectivity index (χ2v) is 8.98. The van der Waals surface area contributed by atoms with Crippen LogP contribution in [0.2, 0.25) is 5.02 Å². The van der Waals surface area contributed by atoms with Gasteiger partial charge < -0.3 is 10.1 Å². The Balaban J connectivity index is 1.38. The number of fused-ring (bicyclic) bond motifs is 1. The van der Waals surface area contributed by atoms with Crippen LogP contribution in [0.3, 0.4) is 0 Å². The highest BCUT2D eigenvalue weighted by atomic mass is 35.5. The molecular weight excluding hydrogens is 432 g/mol. The molecule has 0 saturated carbocycles. The smallest absolute Gasteiger partial charge is 0.244 e. The molecule has 3 aromatic rings. The molecule has 5 nitrogen and oxygen atoms in total. The number of nitrogens with zero attached hydrogens (tertiary/aromatic N) is 1. The number of hydrogen-bond donors (Lipinski definition) is 1. The molecule has 0 aliphatic carbocycles. The summed E-state index contributed by atoms with van der Waals surface area (Å²) in [7, 11) is 0. The molecule has 2 aromatic heterocycles. The minimum atomic E-state index is -0.191. The molecule has 0 fully saturated rings. The van der Waals surface area contributed by atoms with Gasteiger partial charge in [0.25, 0.3) is 0 Å². The first-order valence-corrected chi connectivity index (χ1v) is 11.1. The first-order chi connectivity index (χ1) is 14.9. The molecule has 1 unspecified atom stereocenters. The molecule has 1 aliphatic heterocycles. The summed E-state index contributed by atoms with van der Waals surface area (Å²) in [5.41, 5.74) is 3.88. The van der Waals surface area contributed by atoms with Crippen LogP contribution >= 0.6 is 22.9 Å². The van der Waals surface area contributed by atoms with Crippen LogP contribution in [0, 0.1) is 6.92 Å². The molecule has 158 valence electrons. The zero-order valence-electron chi connectivity index (χ0n) is 17.1. The van der Waals surface area contributed by atoms with E-state index >= 15 is 0 Å². The second kappa shape index (κ2) is 9.04. The largest absolute Gasteiger partial charge is 0.486 e. The number of halogens is 1. The molecule has 0 radical (unpaired) electrons. The zero-order valence-corrected chi connectivity index (χ0v) is 18.7. The van der Waals surface area contributed by atoms with Gasteiger partial charge in [-0.2, -0.15) is 0 Å². The van der Waals surface area contributed by atoms with Gasteiger partial charge >= 0.3 is 0 Å². The van der Waals surface area contributed by atoms with Crippen LogP contribution < -0.4 is 10.1 Å². The van der Waals surface area contributed by atoms with Crippen molar-refractivity contribution >= 4 is 40.7 Å². The van der Waals surface area contributed by atoms with E-state index in [1.165, 1.54) is 17.4 Å². The van der Waals surface area contributed by atoms with Gasteiger partial charge in [0.2, 0.25) is 5.91 Å². The third-order valence-electron chi connectivity index (χ3n) is 4.92. The Morgan fingerprint density at radius 3 is 2.87 bits per heavy atom. The van der Waals surface area contributed by atoms with E-state index in [1.54, 1.807) is 25.4 Å². The lowest BCUT2D eigenvalue weighted by Gasteiger charge is -2.11. The predicted molar refractivity (Wildman–Crippen MR) is 124 cm³/mol. The number of carbonyl (C=O) groups is 2. The molecule has 0 bridgehead atoms. The number of aryl methyl sites for hydroxylation is 1. The minimum Gasteiger partial charge on any atom is -0.486 e. The number of rotatable bonds is 6. The van der Waals surface area contributed by atoms with E-state index in [0.29, 0.717) is 23.7 Å². The van der Waals surface area contributed by atoms with E-state index in [4.69, 9.17) is 16.3 Å². The van der Waals surface area contributed by atoms with Crippen molar-refractivity contribution in [1.29, 1.82) is 0 Å². The molecule has 3 heterocycles. The van der Waals surface area contributed by atoms with Gasteiger partial charge in [-0.3, -0.25) is 14.6 Å². The van der Waals surface area contributed by atoms with Crippen molar-refractivity contribution in [2.45, 2.75) is 26.4 Å². The molecule has 1 amide bonds. The summed E-state index contributed by atoms with van der Waals surface area (Å²) in [4.78, 5) is 29.6. The summed E-state index contributed by atoms with van der Waals surface area (Å²) < 4.78 is 5.97. The Morgan fingerprint density at radius 1 is 1.29 bits per heavy atom. The lowest BCUT2D eigenvalue weighted by Crippen LogP contribution is -2.33. The zero-order chi connectivity index (χ0) is 22.0. The average molecular weight is 453 g/mol. The van der Waals surface area contributed by atoms with Gasteiger partial charge in [-0.1, -0.05) is 11.6 Å². The Hall–Kier alpha value is -2.96. The Morgan fingerprint density at radius 2 is 2.13 bits per heavy atom. The van der Waals surface area contributed by atoms with Crippen LogP contribution in [-0.2, 0) is 11.2 Å². The Bertz CT molecular complexity index is 1190. The molecule has 31 heavy (non-hydrogen) atoms. The first kappa shape index (κ1) is 21.3. The fourth-order valence-corrected chi connectivity index (χ4v) is 4.61. The predicted octanol–water partition coefficient (Wildman–Crippen LogP) is 5.11. The number of Topliss-reactive ketones (excluding diaryl/α,β-unsaturated/α-hetero) is 1. The van der Waals surface area contributed by atoms with E-state index in [2.05, 4.69) is 10.3 Å². The van der Waals surface area contributed by atoms with Crippen molar-refractivity contribution in [3.8, 4) is 16.2 Å². The van der Waals surface area contributed by atoms with Crippen LogP contribution in [-0.4, -0.2) is 29.3 Å². The third-order valence-corrected chi connectivity index (χ3v) is 6.43. The summed E-state index contributed by atoms with van der Waals surface area (Å²) in [6.07, 6.45) is 7.17. The molecule has 1 atom stereocenters. The van der Waals surface area contributed by atoms with E-state index < -0.39 is 0 Å². The number of amides is 1. The standard InChI is InChI=1S/C24H21ClN2O3S/c1-14-7-16(12-26-11-14)3-6-23(29)27-13-19-9-18-8-17(10-20(25)24(18)30-19)22-5-4-21(31-22)15(2)28/h3-8,10-12,19H,9,13H2,1-2H3,(H,27,29). The van der Waals surface area contributed by atoms with Crippen LogP contribution in [0.5, 0.6) is 5.75 Å². The number of aromatic nitrogens is 1. The third kappa shape index (κ3) is 5.03. The summed E-state index contributed by atoms with van der Waals surface area (Å²) >= 11 is 7.91. The number of ketones is 1. The van der Waals surface area contributed by atoms with Crippen LogP contribution in [0.1, 0.15) is 33.3 Å². The number of pyridine rings is 1. The van der Waals surface area contributed by atoms with Gasteiger partial charge in [0, 0.05) is 35.3 Å². The number of nitrogens with one attached hydrogen (secondary N) is 1. The molecule has 0 spiro atoms. The van der Waals surface area contributed by atoms with Crippen molar-refractivity contribution in [3.63, 3.8) is 0 Å². The normalized spacial score (nSPS) is 15.0. The molecule has 1 aliphatic rings. The number of hydrogen-bond acceptors (Lipinski definition) is 5. The second-order valence-electron chi connectivity index (χ2n) is 7.48. The van der Waals surface area contributed by atoms with Crippen molar-refractivity contribution < 1.29 is 14.3 Å². The monoisotopic (exact) mass is 452 g/mol. The summed E-state index contributed by atoms with van der Waals surface area (Å²) in [6, 6.07) is 9.63. The van der Waals surface area contributed by atoms with Crippen molar-refractivity contribution in [1.82, 2.24) is 10.3 Å². The highest BCUT2D eigenvalue weighted by Crippen LogP contribution is 2.41. The van der Waals surface area contributed by atoms with Gasteiger partial charge in [0.15, 0.2) is 5.78 Å². The Kier molecular flexibility index (Phi) is 6.20. The average Bonchev–Trinajstić information content (AvgIpc) is 3.38. The maximum absolute atomic E-state index is 12.2. The molecule has 1 aromatic carbocycles. The van der Waals surface area contributed by atoms with E-state index in [9.17, 15) is 9.59 Å². The summed E-state index contributed by atoms with van der Waals surface area (Å²) in [5.74, 6) is 0.521. The summed E-state index contributed by atoms with van der Waals surface area (Å²) in [6.45, 7) is 3.89. The fraction of sp³-hybridized carbons (Fsp3) is 0.208. The van der Waals surface area contributed by atoms with Gasteiger partial charge in [0.05, 0.1) is 16.4 Å². The highest BCUT2D eigenvalue weighted by molar-refractivity contribution is 7.17. The van der Waals surface area contributed by atoms with E-state index in [1.807, 2.05) is 37.3 Å². The Labute approximate surface area is 189 Å². The van der Waals surface area contributed by atoms with Crippen LogP contribution in [0.15, 0.2) is 48.8 Å². The molecular formula is C24H21ClN2O3S. The van der Waals surface area contributed by atoms with Crippen molar-refractivity contribution in [3.05, 3.63) is 75.4 Å². The van der Waals surface area contributed by atoms with Crippen LogP contribution in [0.4, 0.5) is 0 Å². The minimum absolute atomic E-state index is 0.0513. The lowest BCUT2D eigenvalue weighted by molar-refractivity contribution is -0.116. The fourth-order valence-electron chi connectivity index (χ4n) is 3.44. The molecule has 0 saturated heterocycles. The number of ether oxygens (including phenoxy) is 1. The van der Waals surface area contributed by atoms with E-state index in [0.717, 1.165) is 32.0 Å². The molecule has 1 N–H and O–H groups in total. The lowest BCUT2D eigenvalue weighted by atomic mass is 10.1. The molecule has 4 rings (SSSR count). The molecule has 7 heteroatoms. The first-order valence-electron chi connectivity index (χ1n) is 9.87. The van der Waals surface area contributed by atoms with E-state index in [-0.39, 0.29) is 17.8 Å². The van der Waals surface area contributed by atoms with Crippen molar-refractivity contribution in [2.75, 3.05) is 6.54 Å². The maximum atomic E-state index is 12.2. The quantitative estimate of drug-likeness (QED) is 0.417. The summed E-state index contributed by atoms with van der Waals surface area (Å²) in [5, 5.41) is 3.41. The van der Waals surface area contributed by atoms with Crippen LogP contribution in [0.25, 0.3) is 16.5 Å². The number of thiophene rings is 1. The van der Waals surface area contributed by atoms with Gasteiger partial charge in [-0.05, 0) is 66.9 Å². The SMILES string of the molecule is CC(=O)c1ccc(-c2cc(Cl)c3c(c2)CC(CNC(=O)C=Cc2cncc(C)c2)O3)s1. The van der Waals surface area contributed by atoms with Gasteiger partial charge in [-0.25, -0.2) is 0 Å². The van der Waals surface area contributed by atoms with Gasteiger partial charge in [0.1, 0.15) is 11.9 Å². The maximum Gasteiger partial charge on any atom is 0.244 e. The highest BCUT2D eigenvalue weighted by Gasteiger charge is 2.26. The number of carbonyl (C=O) groups excluding carboxylic acids is 2. The topological polar surface area (TPSA) is 68.3 Å².